The molecule has 5 fully saturated rings. The van der Waals surface area contributed by atoms with Crippen LogP contribution in [0.4, 0.5) is 11.4 Å². The zero-order valence-electron chi connectivity index (χ0n) is 52.0. The number of amides is 7. The second-order valence-corrected chi connectivity index (χ2v) is 24.2. The van der Waals surface area contributed by atoms with Crippen molar-refractivity contribution < 1.29 is 127 Å². The van der Waals surface area contributed by atoms with Gasteiger partial charge in [0.2, 0.25) is 42.0 Å². The number of fused-ring (bicyclic) bond motifs is 2. The molecule has 7 unspecified atom stereocenters. The fourth-order valence-electron chi connectivity index (χ4n) is 12.1. The maximum absolute atomic E-state index is 14.6. The Morgan fingerprint density at radius 2 is 1.40 bits per heavy atom. The summed E-state index contributed by atoms with van der Waals surface area (Å²) in [6, 6.07) is 6.66. The van der Waals surface area contributed by atoms with E-state index in [0.29, 0.717) is 45.5 Å². The normalized spacial score (nSPS) is 26.5. The molecule has 3 aromatic carbocycles. The summed E-state index contributed by atoms with van der Waals surface area (Å²) >= 11 is 0.0105. The Hall–Kier alpha value is -6.61. The van der Waals surface area contributed by atoms with E-state index in [2.05, 4.69) is 50.6 Å². The largest absolute Gasteiger partial charge is 1.00 e. The summed E-state index contributed by atoms with van der Waals surface area (Å²) in [5, 5.41) is 104. The van der Waals surface area contributed by atoms with Crippen LogP contribution in [0.5, 0.6) is 17.2 Å². The fourth-order valence-corrected chi connectivity index (χ4v) is 12.3. The van der Waals surface area contributed by atoms with Crippen LogP contribution in [0.15, 0.2) is 66.7 Å². The SMILES string of the molecule is [C-]#[N+]C[C@@H](O)[C@@H]1NC(=O)C([C@H](O)Cc2ccc(O)c(OSOO[O-])c2)NC(=O)C2CC(O)CN2C(=O)C(C(C)O)NC(=O)[C@@H](NC(=O)c2ccc(N3CCN(c4ccc(OCCCOC5CCCCC5)cc4)CC3)cc2)C[C@H](O)CNC(=O)C2[C@@H](O)C(C)CN2C1=O.[Na+]. The number of hydrogen-bond acceptors (Lipinski definition) is 23. The Bertz CT molecular complexity index is 3050. The number of phenols is 1. The van der Waals surface area contributed by atoms with Gasteiger partial charge in [-0.25, -0.2) is 6.57 Å². The third-order valence-electron chi connectivity index (χ3n) is 17.1. The van der Waals surface area contributed by atoms with Crippen LogP contribution in [-0.4, -0.2) is 231 Å². The van der Waals surface area contributed by atoms with Crippen LogP contribution in [0, 0.1) is 12.5 Å². The van der Waals surface area contributed by atoms with E-state index in [9.17, 15) is 74.6 Å². The molecule has 4 saturated heterocycles. The van der Waals surface area contributed by atoms with Gasteiger partial charge in [-0.15, -0.1) is 4.33 Å². The maximum Gasteiger partial charge on any atom is 1.00 e. The Kier molecular flexibility index (Phi) is 28.0. The average Bonchev–Trinajstić information content (AvgIpc) is 1.71. The number of rotatable bonds is 20. The Balaban J connectivity index is 0.0000123. The molecule has 0 spiro atoms. The van der Waals surface area contributed by atoms with Crippen molar-refractivity contribution in [1.82, 2.24) is 36.4 Å². The van der Waals surface area contributed by atoms with Gasteiger partial charge < -0.3 is 106 Å². The molecule has 8 rings (SSSR count). The van der Waals surface area contributed by atoms with Gasteiger partial charge in [-0.1, -0.05) is 32.3 Å². The first-order chi connectivity index (χ1) is 44.1. The molecule has 32 heteroatoms. The predicted molar refractivity (Wildman–Crippen MR) is 325 cm³/mol. The van der Waals surface area contributed by atoms with Gasteiger partial charge in [0.1, 0.15) is 42.0 Å². The second kappa shape index (κ2) is 35.2. The van der Waals surface area contributed by atoms with Crippen LogP contribution >= 0.6 is 12.3 Å². The van der Waals surface area contributed by atoms with Gasteiger partial charge in [-0.05, 0) is 86.0 Å². The molecule has 12 N–H and O–H groups in total. The Labute approximate surface area is 563 Å². The first kappa shape index (κ1) is 73.8. The van der Waals surface area contributed by atoms with Crippen LogP contribution in [-0.2, 0) is 49.3 Å². The summed E-state index contributed by atoms with van der Waals surface area (Å²) in [5.41, 5.74) is 2.02. The molecule has 1 saturated carbocycles. The molecule has 4 aliphatic heterocycles. The van der Waals surface area contributed by atoms with Crippen molar-refractivity contribution in [2.24, 2.45) is 5.92 Å². The molecular formula is C61H81N10NaO20S. The first-order valence-electron chi connectivity index (χ1n) is 30.7. The second-order valence-electron chi connectivity index (χ2n) is 23.8. The molecule has 0 radical (unpaired) electrons. The van der Waals surface area contributed by atoms with Gasteiger partial charge in [0.15, 0.2) is 17.6 Å². The van der Waals surface area contributed by atoms with Crippen LogP contribution in [0.1, 0.15) is 81.1 Å². The Morgan fingerprint density at radius 3 is 2.04 bits per heavy atom. The molecule has 5 aliphatic rings. The zero-order chi connectivity index (χ0) is 66.2. The summed E-state index contributed by atoms with van der Waals surface area (Å²) in [5.74, 6) is -8.79. The molecule has 0 bridgehead atoms. The molecule has 4 heterocycles. The number of β-amino-alcohol motifs (C(OH)–C–C–N with tert-alkyl or cyclic N) is 1. The summed E-state index contributed by atoms with van der Waals surface area (Å²) in [6.45, 7) is 11.6. The minimum Gasteiger partial charge on any atom is -0.691 e. The maximum atomic E-state index is 14.6. The smallest absolute Gasteiger partial charge is 0.691 e. The van der Waals surface area contributed by atoms with Crippen molar-refractivity contribution >= 4 is 65.0 Å². The van der Waals surface area contributed by atoms with Gasteiger partial charge in [0, 0.05) is 94.4 Å². The molecule has 1 aliphatic carbocycles. The van der Waals surface area contributed by atoms with Gasteiger partial charge in [-0.3, -0.25) is 38.6 Å². The third kappa shape index (κ3) is 19.8. The zero-order valence-corrected chi connectivity index (χ0v) is 54.8. The summed E-state index contributed by atoms with van der Waals surface area (Å²) in [6.07, 6.45) is -5.08. The van der Waals surface area contributed by atoms with E-state index in [0.717, 1.165) is 65.2 Å². The molecule has 13 atom stereocenters. The van der Waals surface area contributed by atoms with E-state index >= 15 is 0 Å². The van der Waals surface area contributed by atoms with Crippen molar-refractivity contribution in [1.29, 1.82) is 0 Å². The molecule has 0 aromatic heterocycles. The number of piperazine rings is 1. The standard InChI is InChI=1S/C61H82N10O20S.Na/c1-34-32-71-53(54(34)78)59(83)63-30-40(73)28-44(64-55(79)37-11-13-38(14-12-37)68-20-22-69(23-21-68)39-15-17-43(18-16-39)88-25-7-24-87-42-8-5-4-6-9-42)56(80)65-50(35(2)72)60(84)70-33-41(74)29-45(70)57(81)66-51(58(82)67-52(61(71)85)48(77)31-62-3)47(76)26-36-10-19-46(75)49(27-36)89-92-91-90-86;/h10-19,27,34-35,40-42,44-45,47-48,50-54,72-78,86H,4-9,20-26,28-33H2,1-2H3,(H,63,83)(H,64,79)(H,65,80)(H,66,81)(H,67,82);/q;+1/p-1/t34?,35?,40-,41?,44-,45?,47+,48+,50?,51?,52-,53?,54-;/m0./s1. The van der Waals surface area contributed by atoms with E-state index in [1.165, 1.54) is 44.4 Å². The molecule has 3 aromatic rings. The van der Waals surface area contributed by atoms with Crippen molar-refractivity contribution in [3.63, 3.8) is 0 Å². The number of aliphatic hydroxyl groups is 6. The van der Waals surface area contributed by atoms with Gasteiger partial charge in [0.05, 0.1) is 49.8 Å². The van der Waals surface area contributed by atoms with E-state index < -0.39 is 165 Å². The number of nitrogens with zero attached hydrogens (tertiary/aromatic N) is 5. The van der Waals surface area contributed by atoms with Crippen molar-refractivity contribution in [3.05, 3.63) is 89.3 Å². The number of aromatic hydroxyl groups is 1. The number of ether oxygens (including phenoxy) is 2. The minimum absolute atomic E-state index is 0. The number of hydrogen-bond donors (Lipinski definition) is 12. The van der Waals surface area contributed by atoms with Crippen LogP contribution < -0.4 is 80.1 Å². The number of anilines is 2. The summed E-state index contributed by atoms with van der Waals surface area (Å²) in [7, 11) is 0. The van der Waals surface area contributed by atoms with E-state index in [4.69, 9.17) is 20.2 Å². The number of benzene rings is 3. The van der Waals surface area contributed by atoms with Crippen molar-refractivity contribution in [2.75, 3.05) is 75.4 Å². The third-order valence-corrected chi connectivity index (χ3v) is 17.5. The molecule has 93 heavy (non-hydrogen) atoms. The monoisotopic (exact) mass is 1330 g/mol. The van der Waals surface area contributed by atoms with Gasteiger partial charge in [-0.2, -0.15) is 0 Å². The number of phenolic OH excluding ortho intramolecular Hbond substituents is 1. The van der Waals surface area contributed by atoms with E-state index in [1.807, 2.05) is 24.3 Å². The number of nitrogens with one attached hydrogen (secondary N) is 5. The fraction of sp³-hybridized carbons (Fsp3) is 0.574. The van der Waals surface area contributed by atoms with E-state index in [1.54, 1.807) is 12.1 Å². The number of carbonyl (C=O) groups excluding carboxylic acids is 7. The minimum atomic E-state index is -2.15. The van der Waals surface area contributed by atoms with Crippen molar-refractivity contribution in [3.8, 4) is 17.2 Å². The summed E-state index contributed by atoms with van der Waals surface area (Å²) in [4.78, 5) is 110. The molecule has 7 amide bonds. The predicted octanol–water partition coefficient (Wildman–Crippen LogP) is -5.13. The first-order valence-corrected chi connectivity index (χ1v) is 31.4. The van der Waals surface area contributed by atoms with Gasteiger partial charge in [0.25, 0.3) is 18.2 Å². The quantitative estimate of drug-likeness (QED) is 0.0126. The van der Waals surface area contributed by atoms with Crippen LogP contribution in [0.3, 0.4) is 0 Å². The molecule has 30 nitrogen and oxygen atoms in total. The van der Waals surface area contributed by atoms with Crippen LogP contribution in [0.25, 0.3) is 4.85 Å². The Morgan fingerprint density at radius 1 is 0.763 bits per heavy atom. The van der Waals surface area contributed by atoms with Crippen LogP contribution in [0.2, 0.25) is 0 Å². The van der Waals surface area contributed by atoms with E-state index in [-0.39, 0.29) is 65.3 Å². The summed E-state index contributed by atoms with van der Waals surface area (Å²) < 4.78 is 21.2. The number of aliphatic hydroxyl groups excluding tert-OH is 6. The topological polar surface area (TPSA) is 408 Å². The number of carbonyl (C=O) groups is 7. The molecular weight excluding hydrogens is 1250 g/mol. The van der Waals surface area contributed by atoms with Gasteiger partial charge >= 0.3 is 29.6 Å². The average molecular weight is 1330 g/mol. The molecule has 502 valence electrons. The van der Waals surface area contributed by atoms with Crippen molar-refractivity contribution in [2.45, 2.75) is 151 Å².